The molecule has 1 aromatic rings. The Morgan fingerprint density at radius 2 is 1.56 bits per heavy atom. The lowest BCUT2D eigenvalue weighted by Crippen LogP contribution is -2.24. The van der Waals surface area contributed by atoms with Crippen LogP contribution in [-0.2, 0) is 14.8 Å². The van der Waals surface area contributed by atoms with Crippen LogP contribution in [0.1, 0.15) is 32.3 Å². The van der Waals surface area contributed by atoms with E-state index in [1.807, 2.05) is 0 Å². The molecule has 89 valence electrons. The van der Waals surface area contributed by atoms with Gasteiger partial charge in [-0.05, 0) is 30.5 Å². The first-order valence-electron chi connectivity index (χ1n) is 5.20. The maximum absolute atomic E-state index is 11.6. The van der Waals surface area contributed by atoms with Gasteiger partial charge in [-0.15, -0.1) is 0 Å². The number of benzene rings is 1. The van der Waals surface area contributed by atoms with E-state index in [-0.39, 0.29) is 5.75 Å². The third-order valence-electron chi connectivity index (χ3n) is 3.12. The quantitative estimate of drug-likeness (QED) is 0.798. The van der Waals surface area contributed by atoms with Crippen molar-refractivity contribution < 1.29 is 19.5 Å². The molecule has 0 saturated heterocycles. The van der Waals surface area contributed by atoms with Crippen molar-refractivity contribution in [1.29, 1.82) is 0 Å². The van der Waals surface area contributed by atoms with E-state index in [4.69, 9.17) is 0 Å². The van der Waals surface area contributed by atoms with Crippen molar-refractivity contribution >= 4 is 7.60 Å². The predicted octanol–water partition coefficient (Wildman–Crippen LogP) is 3.02. The van der Waals surface area contributed by atoms with Crippen LogP contribution < -0.4 is 0 Å². The van der Waals surface area contributed by atoms with Gasteiger partial charge in [0.15, 0.2) is 5.75 Å². The number of hydrogen-bond acceptors (Lipinski definition) is 1. The van der Waals surface area contributed by atoms with Crippen molar-refractivity contribution in [2.45, 2.75) is 31.8 Å². The van der Waals surface area contributed by atoms with E-state index >= 15 is 0 Å². The Morgan fingerprint density at radius 1 is 1.12 bits per heavy atom. The summed E-state index contributed by atoms with van der Waals surface area (Å²) in [6, 6.07) is 5.69. The van der Waals surface area contributed by atoms with Crippen molar-refractivity contribution in [3.8, 4) is 5.75 Å². The Labute approximate surface area is 95.1 Å². The van der Waals surface area contributed by atoms with Gasteiger partial charge in [-0.3, -0.25) is 9.67 Å². The zero-order valence-electron chi connectivity index (χ0n) is 9.38. The molecule has 0 amide bonds. The van der Waals surface area contributed by atoms with E-state index < -0.39 is 12.8 Å². The van der Waals surface area contributed by atoms with E-state index in [0.29, 0.717) is 18.4 Å². The lowest BCUT2D eigenvalue weighted by Gasteiger charge is -2.32. The van der Waals surface area contributed by atoms with E-state index in [1.165, 1.54) is 24.3 Å². The molecule has 0 heterocycles. The summed E-state index contributed by atoms with van der Waals surface area (Å²) in [7, 11) is -4.25. The normalized spacial score (nSPS) is 12.8. The van der Waals surface area contributed by atoms with Crippen LogP contribution in [0.15, 0.2) is 24.3 Å². The van der Waals surface area contributed by atoms with Crippen LogP contribution in [0.3, 0.4) is 0 Å². The van der Waals surface area contributed by atoms with Crippen molar-refractivity contribution in [3.63, 3.8) is 0 Å². The molecule has 2 N–H and O–H groups in total. The maximum atomic E-state index is 11.6. The van der Waals surface area contributed by atoms with Gasteiger partial charge in [0.25, 0.3) is 0 Å². The lowest BCUT2D eigenvalue weighted by molar-refractivity contribution is 0.314. The van der Waals surface area contributed by atoms with Crippen molar-refractivity contribution in [3.05, 3.63) is 29.8 Å². The van der Waals surface area contributed by atoms with Crippen molar-refractivity contribution in [1.82, 2.24) is 0 Å². The Morgan fingerprint density at radius 3 is 1.88 bits per heavy atom. The molecular weight excluding hydrogens is 227 g/mol. The largest absolute Gasteiger partial charge is 0.335 e. The molecule has 1 radical (unpaired) electrons. The lowest BCUT2D eigenvalue weighted by atomic mass is 9.93. The third kappa shape index (κ3) is 2.14. The summed E-state index contributed by atoms with van der Waals surface area (Å²) >= 11 is 0. The SMILES string of the molecule is CCC(CC)(c1ccc([O])cc1)P(=O)(O)O. The standard InChI is InChI=1S/C11H16O4P/c1-3-11(4-2,16(13,14)15)9-5-7-10(12)8-6-9/h5-8H,3-4H2,1-2H3,(H2,13,14,15). The Balaban J connectivity index is 3.32. The second-order valence-electron chi connectivity index (χ2n) is 3.81. The fourth-order valence-electron chi connectivity index (χ4n) is 2.00. The van der Waals surface area contributed by atoms with Crippen LogP contribution in [-0.4, -0.2) is 9.79 Å². The highest BCUT2D eigenvalue weighted by atomic mass is 31.2. The Bertz CT molecular complexity index is 389. The second-order valence-corrected chi connectivity index (χ2v) is 5.75. The average molecular weight is 243 g/mol. The molecule has 0 aliphatic carbocycles. The van der Waals surface area contributed by atoms with Gasteiger partial charge in [0.2, 0.25) is 0 Å². The highest BCUT2D eigenvalue weighted by Gasteiger charge is 2.45. The zero-order valence-corrected chi connectivity index (χ0v) is 10.3. The van der Waals surface area contributed by atoms with E-state index in [1.54, 1.807) is 13.8 Å². The molecule has 0 atom stereocenters. The molecule has 16 heavy (non-hydrogen) atoms. The van der Waals surface area contributed by atoms with Gasteiger partial charge in [0.1, 0.15) is 0 Å². The van der Waals surface area contributed by atoms with Crippen LogP contribution in [0.25, 0.3) is 0 Å². The minimum Gasteiger partial charge on any atom is -0.324 e. The maximum Gasteiger partial charge on any atom is 0.335 e. The fraction of sp³-hybridized carbons (Fsp3) is 0.455. The first-order valence-corrected chi connectivity index (χ1v) is 6.82. The summed E-state index contributed by atoms with van der Waals surface area (Å²) in [5, 5.41) is 9.81. The van der Waals surface area contributed by atoms with Gasteiger partial charge in [0.05, 0.1) is 5.16 Å². The molecule has 0 bridgehead atoms. The van der Waals surface area contributed by atoms with E-state index in [0.717, 1.165) is 0 Å². The third-order valence-corrected chi connectivity index (χ3v) is 5.12. The summed E-state index contributed by atoms with van der Waals surface area (Å²) in [6.07, 6.45) is 0.679. The molecule has 1 aromatic carbocycles. The van der Waals surface area contributed by atoms with Gasteiger partial charge in [-0.1, -0.05) is 26.0 Å². The molecule has 0 saturated carbocycles. The predicted molar refractivity (Wildman–Crippen MR) is 60.9 cm³/mol. The van der Waals surface area contributed by atoms with Crippen LogP contribution in [0.5, 0.6) is 5.75 Å². The van der Waals surface area contributed by atoms with Gasteiger partial charge in [0, 0.05) is 0 Å². The van der Waals surface area contributed by atoms with E-state index in [9.17, 15) is 19.5 Å². The fourth-order valence-corrected chi connectivity index (χ4v) is 3.31. The van der Waals surface area contributed by atoms with E-state index in [2.05, 4.69) is 0 Å². The molecular formula is C11H16O4P. The summed E-state index contributed by atoms with van der Waals surface area (Å²) in [5.74, 6) is -0.157. The second kappa shape index (κ2) is 4.58. The van der Waals surface area contributed by atoms with Crippen LogP contribution in [0.4, 0.5) is 0 Å². The average Bonchev–Trinajstić information content (AvgIpc) is 2.21. The first kappa shape index (κ1) is 13.2. The Hall–Kier alpha value is -0.830. The van der Waals surface area contributed by atoms with Crippen molar-refractivity contribution in [2.24, 2.45) is 0 Å². The summed E-state index contributed by atoms with van der Waals surface area (Å²) in [5.41, 5.74) is 0.533. The molecule has 0 fully saturated rings. The molecule has 0 unspecified atom stereocenters. The first-order chi connectivity index (χ1) is 7.37. The number of hydrogen-bond donors (Lipinski definition) is 2. The van der Waals surface area contributed by atoms with Gasteiger partial charge in [-0.25, -0.2) is 0 Å². The van der Waals surface area contributed by atoms with Gasteiger partial charge < -0.3 is 9.79 Å². The summed E-state index contributed by atoms with van der Waals surface area (Å²) in [4.78, 5) is 19.0. The minimum atomic E-state index is -4.25. The monoisotopic (exact) mass is 243 g/mol. The van der Waals surface area contributed by atoms with Crippen LogP contribution in [0.2, 0.25) is 0 Å². The smallest absolute Gasteiger partial charge is 0.324 e. The molecule has 0 spiro atoms. The zero-order chi connectivity index (χ0) is 12.4. The molecule has 1 rings (SSSR count). The van der Waals surface area contributed by atoms with Crippen LogP contribution >= 0.6 is 7.60 Å². The van der Waals surface area contributed by atoms with Crippen LogP contribution in [0, 0.1) is 0 Å². The van der Waals surface area contributed by atoms with Crippen molar-refractivity contribution in [2.75, 3.05) is 0 Å². The molecule has 0 aliphatic heterocycles. The topological polar surface area (TPSA) is 77.4 Å². The van der Waals surface area contributed by atoms with Gasteiger partial charge in [-0.2, -0.15) is 0 Å². The number of rotatable bonds is 4. The molecule has 0 aliphatic rings. The molecule has 5 heteroatoms. The van der Waals surface area contributed by atoms with Gasteiger partial charge >= 0.3 is 7.60 Å². The molecule has 0 aromatic heterocycles. The Kier molecular flexibility index (Phi) is 3.79. The highest BCUT2D eigenvalue weighted by molar-refractivity contribution is 7.53. The summed E-state index contributed by atoms with van der Waals surface area (Å²) in [6.45, 7) is 3.49. The summed E-state index contributed by atoms with van der Waals surface area (Å²) < 4.78 is 11.6. The molecule has 4 nitrogen and oxygen atoms in total. The highest BCUT2D eigenvalue weighted by Crippen LogP contribution is 2.60. The minimum absolute atomic E-state index is 0.157.